The van der Waals surface area contributed by atoms with E-state index in [2.05, 4.69) is 65.5 Å². The predicted octanol–water partition coefficient (Wildman–Crippen LogP) is 6.14. The predicted molar refractivity (Wildman–Crippen MR) is 248 cm³/mol. The van der Waals surface area contributed by atoms with Gasteiger partial charge in [0, 0.05) is 63.4 Å². The monoisotopic (exact) mass is 869 g/mol. The van der Waals surface area contributed by atoms with Crippen molar-refractivity contribution in [3.8, 4) is 5.75 Å². The third kappa shape index (κ3) is 19.6. The number of rotatable bonds is 28. The van der Waals surface area contributed by atoms with Gasteiger partial charge < -0.3 is 45.2 Å². The van der Waals surface area contributed by atoms with Crippen LogP contribution in [0.25, 0.3) is 17.7 Å². The molecule has 1 aromatic heterocycles. The molecule has 0 aliphatic carbocycles. The lowest BCUT2D eigenvalue weighted by atomic mass is 9.87. The van der Waals surface area contributed by atoms with Gasteiger partial charge in [0.2, 0.25) is 0 Å². The molecule has 1 unspecified atom stereocenters. The van der Waals surface area contributed by atoms with Gasteiger partial charge in [0.05, 0.1) is 50.3 Å². The van der Waals surface area contributed by atoms with E-state index < -0.39 is 29.1 Å². The van der Waals surface area contributed by atoms with Crippen LogP contribution >= 0.6 is 0 Å². The minimum atomic E-state index is -1.16. The van der Waals surface area contributed by atoms with Crippen molar-refractivity contribution in [3.05, 3.63) is 100 Å². The van der Waals surface area contributed by atoms with Crippen LogP contribution in [0.5, 0.6) is 5.75 Å². The largest absolute Gasteiger partial charge is 0.423 e. The average molecular weight is 869 g/mol. The van der Waals surface area contributed by atoms with Crippen molar-refractivity contribution >= 4 is 29.6 Å². The topological polar surface area (TPSA) is 156 Å². The van der Waals surface area contributed by atoms with Gasteiger partial charge in [-0.1, -0.05) is 75.5 Å². The Labute approximate surface area is 369 Å². The SMILES string of the molecule is C/C=C(\C)c1nc(=C/C)/c(=C\C)n1C.C=C/C=C(/C(=O)Oc1cc(F)c(C(=O)NCCOCCOCCOCCN)c(F)c1)C(CC)C(/C=C\CCN(CCN)CCCC)=C/C. The minimum Gasteiger partial charge on any atom is -0.423 e. The van der Waals surface area contributed by atoms with Crippen molar-refractivity contribution in [1.82, 2.24) is 19.8 Å². The highest BCUT2D eigenvalue weighted by Crippen LogP contribution is 2.28. The van der Waals surface area contributed by atoms with Crippen LogP contribution in [0.4, 0.5) is 8.78 Å². The zero-order chi connectivity index (χ0) is 46.3. The number of halogens is 2. The van der Waals surface area contributed by atoms with E-state index in [1.807, 2.05) is 52.8 Å². The molecule has 0 spiro atoms. The van der Waals surface area contributed by atoms with Crippen LogP contribution in [0.15, 0.2) is 66.3 Å². The van der Waals surface area contributed by atoms with Gasteiger partial charge in [0.15, 0.2) is 0 Å². The van der Waals surface area contributed by atoms with E-state index >= 15 is 0 Å². The normalized spacial score (nSPS) is 13.5. The lowest BCUT2D eigenvalue weighted by Crippen LogP contribution is -2.31. The Balaban J connectivity index is 0.00000115. The Morgan fingerprint density at radius 1 is 0.919 bits per heavy atom. The highest BCUT2D eigenvalue weighted by molar-refractivity contribution is 5.95. The van der Waals surface area contributed by atoms with Gasteiger partial charge in [-0.3, -0.25) is 4.79 Å². The first-order chi connectivity index (χ1) is 29.9. The fraction of sp³-hybridized carbons (Fsp3) is 0.521. The molecule has 12 nitrogen and oxygen atoms in total. The number of amides is 1. The minimum absolute atomic E-state index is 0.0225. The summed E-state index contributed by atoms with van der Waals surface area (Å²) in [6.07, 6.45) is 18.8. The quantitative estimate of drug-likeness (QED) is 0.0299. The summed E-state index contributed by atoms with van der Waals surface area (Å²) in [5.41, 5.74) is 12.7. The number of nitrogens with two attached hydrogens (primary N) is 2. The fourth-order valence-corrected chi connectivity index (χ4v) is 6.39. The number of imidazole rings is 1. The van der Waals surface area contributed by atoms with Gasteiger partial charge in [-0.25, -0.2) is 18.6 Å². The number of carbonyl (C=O) groups excluding carboxylic acids is 2. The number of hydrogen-bond acceptors (Lipinski definition) is 10. The van der Waals surface area contributed by atoms with Gasteiger partial charge in [-0.05, 0) is 71.6 Å². The molecule has 5 N–H and O–H groups in total. The van der Waals surface area contributed by atoms with Crippen molar-refractivity contribution in [3.63, 3.8) is 0 Å². The average Bonchev–Trinajstić information content (AvgIpc) is 3.59. The van der Waals surface area contributed by atoms with Crippen LogP contribution in [0, 0.1) is 17.6 Å². The molecular formula is C48H74F2N6O6. The van der Waals surface area contributed by atoms with Gasteiger partial charge in [0.25, 0.3) is 5.91 Å². The zero-order valence-corrected chi connectivity index (χ0v) is 38.6. The molecular weight excluding hydrogens is 795 g/mol. The van der Waals surface area contributed by atoms with Crippen LogP contribution in [0.3, 0.4) is 0 Å². The lowest BCUT2D eigenvalue weighted by molar-refractivity contribution is -0.130. The van der Waals surface area contributed by atoms with E-state index in [0.717, 1.165) is 67.8 Å². The Kier molecular flexibility index (Phi) is 29.6. The number of hydrogen-bond donors (Lipinski definition) is 3. The van der Waals surface area contributed by atoms with Gasteiger partial charge in [0.1, 0.15) is 28.8 Å². The van der Waals surface area contributed by atoms with E-state index in [9.17, 15) is 18.4 Å². The summed E-state index contributed by atoms with van der Waals surface area (Å²) < 4.78 is 53.3. The molecule has 62 heavy (non-hydrogen) atoms. The first-order valence-electron chi connectivity index (χ1n) is 21.7. The molecule has 1 atom stereocenters. The van der Waals surface area contributed by atoms with E-state index in [4.69, 9.17) is 30.4 Å². The second kappa shape index (κ2) is 33.0. The van der Waals surface area contributed by atoms with Crippen molar-refractivity contribution in [1.29, 1.82) is 0 Å². The van der Waals surface area contributed by atoms with E-state index in [-0.39, 0.29) is 37.0 Å². The molecule has 1 aromatic carbocycles. The summed E-state index contributed by atoms with van der Waals surface area (Å²) in [5, 5.41) is 4.66. The molecule has 2 aromatic rings. The van der Waals surface area contributed by atoms with Gasteiger partial charge >= 0.3 is 5.97 Å². The van der Waals surface area contributed by atoms with Gasteiger partial charge in [-0.2, -0.15) is 0 Å². The first-order valence-corrected chi connectivity index (χ1v) is 21.7. The van der Waals surface area contributed by atoms with Crippen molar-refractivity contribution < 1.29 is 37.3 Å². The summed E-state index contributed by atoms with van der Waals surface area (Å²) in [7, 11) is 2.05. The maximum absolute atomic E-state index is 14.9. The molecule has 0 bridgehead atoms. The highest BCUT2D eigenvalue weighted by atomic mass is 19.1. The van der Waals surface area contributed by atoms with Crippen LogP contribution in [-0.4, -0.2) is 105 Å². The smallest absolute Gasteiger partial charge is 0.340 e. The molecule has 1 amide bonds. The molecule has 346 valence electrons. The van der Waals surface area contributed by atoms with Crippen LogP contribution in [0.1, 0.15) is 90.3 Å². The number of allylic oxidation sites excluding steroid dienone is 7. The lowest BCUT2D eigenvalue weighted by Gasteiger charge is -2.21. The Morgan fingerprint density at radius 2 is 1.56 bits per heavy atom. The molecule has 0 saturated carbocycles. The standard InChI is InChI=1S/C36H56F2N4O6.C12H18N2/c1-5-9-17-42(19-14-39)18-11-10-13-28(7-3)30(8-4)31(12-6-2)36(44)48-29-26-32(37)34(33(38)27-29)35(43)41-16-21-46-23-25-47-24-22-45-20-15-40;1-6-9(4)12-13-10(7-2)11(8-3)14(12)5/h6-7,10,12-13,26-27,30H,2,5,8-9,11,14-25,39-40H2,1,3-4H3,(H,41,43);6-8H,1-5H3/b13-10-,28-7+,31-12+;9-6+,10-7+,11-8+. The molecule has 0 saturated heterocycles. The fourth-order valence-electron chi connectivity index (χ4n) is 6.39. The first kappa shape index (κ1) is 55.4. The molecule has 0 fully saturated rings. The van der Waals surface area contributed by atoms with Gasteiger partial charge in [-0.15, -0.1) is 0 Å². The summed E-state index contributed by atoms with van der Waals surface area (Å²) in [6.45, 7) is 23.7. The summed E-state index contributed by atoms with van der Waals surface area (Å²) in [5.74, 6) is -3.72. The highest BCUT2D eigenvalue weighted by Gasteiger charge is 2.25. The van der Waals surface area contributed by atoms with Crippen LogP contribution in [-0.2, 0) is 26.1 Å². The third-order valence-corrected chi connectivity index (χ3v) is 9.74. The molecule has 1 heterocycles. The van der Waals surface area contributed by atoms with Crippen LogP contribution < -0.4 is 32.2 Å². The van der Waals surface area contributed by atoms with Crippen molar-refractivity contribution in [2.45, 2.75) is 74.1 Å². The molecule has 0 radical (unpaired) electrons. The second-order valence-electron chi connectivity index (χ2n) is 14.1. The third-order valence-electron chi connectivity index (χ3n) is 9.74. The number of unbranched alkanes of at least 4 members (excludes halogenated alkanes) is 1. The summed E-state index contributed by atoms with van der Waals surface area (Å²) >= 11 is 0. The van der Waals surface area contributed by atoms with E-state index in [1.54, 1.807) is 6.08 Å². The molecule has 0 aliphatic rings. The number of nitrogens with one attached hydrogen (secondary N) is 1. The number of carbonyl (C=O) groups is 2. The Morgan fingerprint density at radius 3 is 2.08 bits per heavy atom. The van der Waals surface area contributed by atoms with E-state index in [0.29, 0.717) is 45.9 Å². The van der Waals surface area contributed by atoms with E-state index in [1.165, 1.54) is 17.0 Å². The summed E-state index contributed by atoms with van der Waals surface area (Å²) in [6, 6.07) is 1.63. The summed E-state index contributed by atoms with van der Waals surface area (Å²) in [4.78, 5) is 32.7. The van der Waals surface area contributed by atoms with Crippen molar-refractivity contribution in [2.24, 2.45) is 24.4 Å². The Hall–Kier alpha value is -4.57. The number of aromatic nitrogens is 2. The molecule has 2 rings (SSSR count). The van der Waals surface area contributed by atoms with Crippen molar-refractivity contribution in [2.75, 3.05) is 78.9 Å². The maximum Gasteiger partial charge on any atom is 0.340 e. The van der Waals surface area contributed by atoms with Crippen LogP contribution in [0.2, 0.25) is 0 Å². The number of benzene rings is 1. The Bertz CT molecular complexity index is 1880. The number of ether oxygens (including phenoxy) is 4. The zero-order valence-electron chi connectivity index (χ0n) is 38.6. The maximum atomic E-state index is 14.9. The number of nitrogens with zero attached hydrogens (tertiary/aromatic N) is 3. The second-order valence-corrected chi connectivity index (χ2v) is 14.1. The number of esters is 1. The molecule has 0 aliphatic heterocycles. The molecule has 14 heteroatoms.